The third kappa shape index (κ3) is 6.54. The van der Waals surface area contributed by atoms with E-state index < -0.39 is 0 Å². The van der Waals surface area contributed by atoms with Gasteiger partial charge in [-0.1, -0.05) is 0 Å². The van der Waals surface area contributed by atoms with E-state index in [4.69, 9.17) is 4.74 Å². The highest BCUT2D eigenvalue weighted by atomic mass is 16.5. The van der Waals surface area contributed by atoms with Crippen molar-refractivity contribution in [3.63, 3.8) is 0 Å². The summed E-state index contributed by atoms with van der Waals surface area (Å²) in [5, 5.41) is 3.17. The number of rotatable bonds is 6. The summed E-state index contributed by atoms with van der Waals surface area (Å²) >= 11 is 0. The zero-order valence-corrected chi connectivity index (χ0v) is 8.79. The Balaban J connectivity index is 3.50. The Kier molecular flexibility index (Phi) is 6.54. The number of carbonyl (C=O) groups is 1. The molecular formula is C9H19NO3. The summed E-state index contributed by atoms with van der Waals surface area (Å²) in [7, 11) is 3.06. The predicted molar refractivity (Wildman–Crippen MR) is 50.6 cm³/mol. The molecule has 0 aliphatic carbocycles. The van der Waals surface area contributed by atoms with E-state index in [1.54, 1.807) is 7.11 Å². The number of ether oxygens (including phenoxy) is 2. The first-order valence-electron chi connectivity index (χ1n) is 4.43. The van der Waals surface area contributed by atoms with Gasteiger partial charge in [0, 0.05) is 19.7 Å². The minimum absolute atomic E-state index is 0.130. The maximum Gasteiger partial charge on any atom is 0.307 e. The van der Waals surface area contributed by atoms with Crippen LogP contribution in [-0.4, -0.2) is 38.9 Å². The molecule has 0 aliphatic rings. The van der Waals surface area contributed by atoms with Crippen molar-refractivity contribution in [1.29, 1.82) is 0 Å². The van der Waals surface area contributed by atoms with E-state index in [0.717, 1.165) is 6.54 Å². The van der Waals surface area contributed by atoms with Gasteiger partial charge in [-0.05, 0) is 13.8 Å². The van der Waals surface area contributed by atoms with Crippen LogP contribution in [-0.2, 0) is 14.3 Å². The molecule has 0 saturated heterocycles. The van der Waals surface area contributed by atoms with E-state index in [9.17, 15) is 4.79 Å². The fourth-order valence-corrected chi connectivity index (χ4v) is 0.856. The third-order valence-electron chi connectivity index (χ3n) is 1.86. The maximum absolute atomic E-state index is 10.8. The van der Waals surface area contributed by atoms with E-state index in [-0.39, 0.29) is 18.1 Å². The summed E-state index contributed by atoms with van der Waals surface area (Å²) in [6.45, 7) is 4.66. The SMILES string of the molecule is COC(=O)CC(C)NCC(C)OC. The quantitative estimate of drug-likeness (QED) is 0.620. The largest absolute Gasteiger partial charge is 0.469 e. The normalized spacial score (nSPS) is 15.1. The van der Waals surface area contributed by atoms with Crippen LogP contribution in [0.15, 0.2) is 0 Å². The highest BCUT2D eigenvalue weighted by molar-refractivity contribution is 5.69. The number of methoxy groups -OCH3 is 2. The Morgan fingerprint density at radius 1 is 1.38 bits per heavy atom. The lowest BCUT2D eigenvalue weighted by molar-refractivity contribution is -0.141. The Labute approximate surface area is 79.6 Å². The van der Waals surface area contributed by atoms with Crippen molar-refractivity contribution in [2.75, 3.05) is 20.8 Å². The lowest BCUT2D eigenvalue weighted by atomic mass is 10.2. The Hall–Kier alpha value is -0.610. The van der Waals surface area contributed by atoms with Gasteiger partial charge in [0.2, 0.25) is 0 Å². The lowest BCUT2D eigenvalue weighted by Crippen LogP contribution is -2.34. The molecule has 4 nitrogen and oxygen atoms in total. The average molecular weight is 189 g/mol. The van der Waals surface area contributed by atoms with Crippen molar-refractivity contribution in [2.24, 2.45) is 0 Å². The van der Waals surface area contributed by atoms with Crippen molar-refractivity contribution >= 4 is 5.97 Å². The van der Waals surface area contributed by atoms with E-state index in [1.165, 1.54) is 7.11 Å². The van der Waals surface area contributed by atoms with Crippen LogP contribution in [0.4, 0.5) is 0 Å². The molecule has 1 N–H and O–H groups in total. The highest BCUT2D eigenvalue weighted by Gasteiger charge is 2.09. The molecule has 2 atom stereocenters. The zero-order chi connectivity index (χ0) is 10.3. The second kappa shape index (κ2) is 6.86. The number of carbonyl (C=O) groups excluding carboxylic acids is 1. The third-order valence-corrected chi connectivity index (χ3v) is 1.86. The molecule has 0 fully saturated rings. The van der Waals surface area contributed by atoms with Gasteiger partial charge in [0.05, 0.1) is 19.6 Å². The molecule has 0 spiro atoms. The Bertz CT molecular complexity index is 150. The fourth-order valence-electron chi connectivity index (χ4n) is 0.856. The standard InChI is InChI=1S/C9H19NO3/c1-7(5-9(11)13-4)10-6-8(2)12-3/h7-8,10H,5-6H2,1-4H3. The van der Waals surface area contributed by atoms with Gasteiger partial charge in [0.25, 0.3) is 0 Å². The molecule has 0 saturated carbocycles. The molecule has 4 heteroatoms. The molecule has 0 bridgehead atoms. The fraction of sp³-hybridized carbons (Fsp3) is 0.889. The molecule has 0 amide bonds. The molecule has 78 valence electrons. The summed E-state index contributed by atoms with van der Waals surface area (Å²) in [5.41, 5.74) is 0. The lowest BCUT2D eigenvalue weighted by Gasteiger charge is -2.15. The van der Waals surface area contributed by atoms with Crippen molar-refractivity contribution < 1.29 is 14.3 Å². The second-order valence-electron chi connectivity index (χ2n) is 3.14. The zero-order valence-electron chi connectivity index (χ0n) is 8.79. The van der Waals surface area contributed by atoms with Crippen molar-refractivity contribution in [3.8, 4) is 0 Å². The van der Waals surface area contributed by atoms with Crippen LogP contribution < -0.4 is 5.32 Å². The van der Waals surface area contributed by atoms with Gasteiger partial charge in [0.15, 0.2) is 0 Å². The van der Waals surface area contributed by atoms with Gasteiger partial charge in [-0.3, -0.25) is 4.79 Å². The molecular weight excluding hydrogens is 170 g/mol. The number of hydrogen-bond donors (Lipinski definition) is 1. The summed E-state index contributed by atoms with van der Waals surface area (Å²) < 4.78 is 9.60. The van der Waals surface area contributed by atoms with Crippen LogP contribution in [0.2, 0.25) is 0 Å². The minimum Gasteiger partial charge on any atom is -0.469 e. The van der Waals surface area contributed by atoms with Crippen LogP contribution in [0.3, 0.4) is 0 Å². The van der Waals surface area contributed by atoms with Crippen LogP contribution in [0.5, 0.6) is 0 Å². The molecule has 13 heavy (non-hydrogen) atoms. The molecule has 0 aromatic rings. The van der Waals surface area contributed by atoms with Crippen LogP contribution in [0.1, 0.15) is 20.3 Å². The van der Waals surface area contributed by atoms with Crippen LogP contribution in [0, 0.1) is 0 Å². The second-order valence-corrected chi connectivity index (χ2v) is 3.14. The van der Waals surface area contributed by atoms with E-state index in [1.807, 2.05) is 13.8 Å². The molecule has 0 aromatic heterocycles. The average Bonchev–Trinajstić information content (AvgIpc) is 2.13. The molecule has 0 rings (SSSR count). The van der Waals surface area contributed by atoms with Gasteiger partial charge < -0.3 is 14.8 Å². The maximum atomic E-state index is 10.8. The predicted octanol–water partition coefficient (Wildman–Crippen LogP) is 0.562. The first kappa shape index (κ1) is 12.4. The summed E-state index contributed by atoms with van der Waals surface area (Å²) in [4.78, 5) is 10.8. The van der Waals surface area contributed by atoms with Crippen LogP contribution in [0.25, 0.3) is 0 Å². The summed E-state index contributed by atoms with van der Waals surface area (Å²) in [6.07, 6.45) is 0.563. The van der Waals surface area contributed by atoms with Gasteiger partial charge in [-0.15, -0.1) is 0 Å². The number of nitrogens with one attached hydrogen (secondary N) is 1. The van der Waals surface area contributed by atoms with E-state index >= 15 is 0 Å². The molecule has 0 heterocycles. The minimum atomic E-state index is -0.190. The topological polar surface area (TPSA) is 47.6 Å². The number of esters is 1. The van der Waals surface area contributed by atoms with E-state index in [0.29, 0.717) is 6.42 Å². The van der Waals surface area contributed by atoms with E-state index in [2.05, 4.69) is 10.1 Å². The summed E-state index contributed by atoms with van der Waals surface area (Å²) in [5.74, 6) is -0.190. The van der Waals surface area contributed by atoms with Crippen molar-refractivity contribution in [3.05, 3.63) is 0 Å². The molecule has 0 aliphatic heterocycles. The summed E-state index contributed by atoms with van der Waals surface area (Å²) in [6, 6.07) is 0.130. The van der Waals surface area contributed by atoms with Gasteiger partial charge in [0.1, 0.15) is 0 Å². The Morgan fingerprint density at radius 3 is 2.46 bits per heavy atom. The number of hydrogen-bond acceptors (Lipinski definition) is 4. The van der Waals surface area contributed by atoms with Gasteiger partial charge >= 0.3 is 5.97 Å². The first-order chi connectivity index (χ1) is 6.10. The van der Waals surface area contributed by atoms with Gasteiger partial charge in [-0.25, -0.2) is 0 Å². The highest BCUT2D eigenvalue weighted by Crippen LogP contribution is 1.94. The van der Waals surface area contributed by atoms with Crippen LogP contribution >= 0.6 is 0 Å². The smallest absolute Gasteiger partial charge is 0.307 e. The Morgan fingerprint density at radius 2 is 2.00 bits per heavy atom. The van der Waals surface area contributed by atoms with Crippen molar-refractivity contribution in [1.82, 2.24) is 5.32 Å². The monoisotopic (exact) mass is 189 g/mol. The van der Waals surface area contributed by atoms with Crippen molar-refractivity contribution in [2.45, 2.75) is 32.4 Å². The first-order valence-corrected chi connectivity index (χ1v) is 4.43. The molecule has 0 radical (unpaired) electrons. The molecule has 0 aromatic carbocycles. The van der Waals surface area contributed by atoms with Gasteiger partial charge in [-0.2, -0.15) is 0 Å². The molecule has 2 unspecified atom stereocenters.